The Labute approximate surface area is 302 Å². The number of alkyl carbamates (subject to hydrolysis) is 1. The molecule has 5 aromatic rings. The molecule has 0 spiro atoms. The maximum absolute atomic E-state index is 14.2. The summed E-state index contributed by atoms with van der Waals surface area (Å²) < 4.78 is 5.36. The summed E-state index contributed by atoms with van der Waals surface area (Å²) in [6, 6.07) is 16.1. The number of H-pyrrole nitrogens is 3. The number of imidazole rings is 2. The molecule has 0 bridgehead atoms. The molecule has 1 aliphatic carbocycles. The van der Waals surface area contributed by atoms with Gasteiger partial charge >= 0.3 is 11.8 Å². The van der Waals surface area contributed by atoms with Gasteiger partial charge in [0.2, 0.25) is 5.91 Å². The molecule has 3 aromatic carbocycles. The maximum Gasteiger partial charge on any atom is 0.407 e. The topological polar surface area (TPSA) is 179 Å². The van der Waals surface area contributed by atoms with Gasteiger partial charge in [0.25, 0.3) is 5.91 Å². The number of aryl methyl sites for hydroxylation is 1. The second-order valence-corrected chi connectivity index (χ2v) is 15.4. The first-order chi connectivity index (χ1) is 24.6. The van der Waals surface area contributed by atoms with Crippen LogP contribution in [0.1, 0.15) is 83.2 Å². The third kappa shape index (κ3) is 8.28. The largest absolute Gasteiger partial charge is 0.444 e. The number of nitrogens with two attached hydrogens (primary N) is 1. The van der Waals surface area contributed by atoms with E-state index in [1.807, 2.05) is 45.0 Å². The van der Waals surface area contributed by atoms with E-state index >= 15 is 0 Å². The summed E-state index contributed by atoms with van der Waals surface area (Å²) in [5.74, 6) is 0.200. The number of anilines is 1. The number of benzene rings is 3. The molecule has 1 fully saturated rings. The highest BCUT2D eigenvalue weighted by atomic mass is 16.6. The molecular weight excluding hydrogens is 658 g/mol. The second kappa shape index (κ2) is 14.8. The van der Waals surface area contributed by atoms with E-state index in [1.54, 1.807) is 18.2 Å². The molecule has 12 nitrogen and oxygen atoms in total. The predicted molar refractivity (Wildman–Crippen MR) is 203 cm³/mol. The van der Waals surface area contributed by atoms with Gasteiger partial charge in [-0.2, -0.15) is 0 Å². The highest BCUT2D eigenvalue weighted by molar-refractivity contribution is 6.17. The van der Waals surface area contributed by atoms with E-state index in [2.05, 4.69) is 53.2 Å². The van der Waals surface area contributed by atoms with Crippen molar-refractivity contribution in [2.24, 2.45) is 17.6 Å². The highest BCUT2D eigenvalue weighted by Gasteiger charge is 2.35. The summed E-state index contributed by atoms with van der Waals surface area (Å²) in [5, 5.41) is 2.84. The van der Waals surface area contributed by atoms with E-state index in [9.17, 15) is 19.2 Å². The number of aromatic amines is 3. The molecule has 6 N–H and O–H groups in total. The van der Waals surface area contributed by atoms with Crippen LogP contribution in [0.4, 0.5) is 10.5 Å². The average Bonchev–Trinajstić information content (AvgIpc) is 3.69. The predicted octanol–water partition coefficient (Wildman–Crippen LogP) is 6.59. The minimum atomic E-state index is -0.998. The van der Waals surface area contributed by atoms with Gasteiger partial charge in [0, 0.05) is 18.4 Å². The number of hydrogen-bond donors (Lipinski definition) is 5. The number of carbonyl (C=O) groups excluding carboxylic acids is 3. The van der Waals surface area contributed by atoms with Gasteiger partial charge in [-0.05, 0) is 118 Å². The summed E-state index contributed by atoms with van der Waals surface area (Å²) in [6.45, 7) is 12.2. The normalized spacial score (nSPS) is 17.0. The lowest BCUT2D eigenvalue weighted by Crippen LogP contribution is -2.50. The van der Waals surface area contributed by atoms with Crippen LogP contribution in [0.2, 0.25) is 0 Å². The molecule has 0 saturated heterocycles. The number of nitrogens with zero attached hydrogens (tertiary/aromatic N) is 2. The first-order valence-corrected chi connectivity index (χ1v) is 18.1. The van der Waals surface area contributed by atoms with Crippen molar-refractivity contribution >= 4 is 45.7 Å². The van der Waals surface area contributed by atoms with Crippen LogP contribution in [0.25, 0.3) is 33.2 Å². The molecule has 0 unspecified atom stereocenters. The number of aromatic nitrogens is 4. The highest BCUT2D eigenvalue weighted by Crippen LogP contribution is 2.33. The van der Waals surface area contributed by atoms with Crippen LogP contribution in [0.3, 0.4) is 0 Å². The number of carbonyl (C=O) groups is 3. The van der Waals surface area contributed by atoms with Crippen LogP contribution in [0.5, 0.6) is 0 Å². The van der Waals surface area contributed by atoms with Gasteiger partial charge in [-0.15, -0.1) is 0 Å². The van der Waals surface area contributed by atoms with Gasteiger partial charge in [-0.1, -0.05) is 38.1 Å². The maximum atomic E-state index is 14.2. The Kier molecular flexibility index (Phi) is 10.4. The van der Waals surface area contributed by atoms with Crippen molar-refractivity contribution in [2.75, 3.05) is 11.4 Å². The fourth-order valence-corrected chi connectivity index (χ4v) is 6.96. The summed E-state index contributed by atoms with van der Waals surface area (Å²) >= 11 is 0. The van der Waals surface area contributed by atoms with Gasteiger partial charge in [0.15, 0.2) is 0 Å². The van der Waals surface area contributed by atoms with Gasteiger partial charge in [-0.25, -0.2) is 19.5 Å². The second-order valence-electron chi connectivity index (χ2n) is 15.4. The van der Waals surface area contributed by atoms with Crippen LogP contribution >= 0.6 is 0 Å². The lowest BCUT2D eigenvalue weighted by atomic mass is 9.81. The fourth-order valence-electron chi connectivity index (χ4n) is 6.96. The molecule has 52 heavy (non-hydrogen) atoms. The Morgan fingerprint density at radius 1 is 0.942 bits per heavy atom. The van der Waals surface area contributed by atoms with Gasteiger partial charge in [0.05, 0.1) is 33.8 Å². The van der Waals surface area contributed by atoms with Crippen molar-refractivity contribution in [1.29, 1.82) is 0 Å². The van der Waals surface area contributed by atoms with Crippen molar-refractivity contribution in [2.45, 2.75) is 91.2 Å². The molecule has 1 saturated carbocycles. The summed E-state index contributed by atoms with van der Waals surface area (Å²) in [4.78, 5) is 67.3. The van der Waals surface area contributed by atoms with Crippen molar-refractivity contribution in [3.63, 3.8) is 0 Å². The Morgan fingerprint density at radius 2 is 1.63 bits per heavy atom. The number of imide groups is 1. The molecule has 3 amide bonds. The number of ether oxygens (including phenoxy) is 1. The lowest BCUT2D eigenvalue weighted by molar-refractivity contribution is -0.130. The zero-order valence-corrected chi connectivity index (χ0v) is 30.8. The van der Waals surface area contributed by atoms with E-state index in [0.717, 1.165) is 39.1 Å². The Morgan fingerprint density at radius 3 is 2.31 bits per heavy atom. The minimum Gasteiger partial charge on any atom is -0.444 e. The molecule has 2 aromatic heterocycles. The quantitative estimate of drug-likeness (QED) is 0.115. The SMILES string of the molecule is Cc1cc2[nH]c(C(C)C)nc2cc1-c1ccc(C[C@@H](N)C(=O)N(C(=O)C2CCC(CNC(=O)OC(C)(C)C)CC2)c2ccc3[nH]c(=O)[nH]c3c2)cc1. The average molecular weight is 708 g/mol. The van der Waals surface area contributed by atoms with Crippen molar-refractivity contribution in [1.82, 2.24) is 25.3 Å². The number of rotatable bonds is 9. The smallest absolute Gasteiger partial charge is 0.407 e. The molecule has 0 radical (unpaired) electrons. The van der Waals surface area contributed by atoms with Crippen LogP contribution in [0, 0.1) is 18.8 Å². The number of amides is 3. The Balaban J connectivity index is 1.17. The van der Waals surface area contributed by atoms with E-state index < -0.39 is 29.6 Å². The molecule has 274 valence electrons. The third-order valence-corrected chi connectivity index (χ3v) is 9.76. The summed E-state index contributed by atoms with van der Waals surface area (Å²) in [6.07, 6.45) is 2.31. The van der Waals surface area contributed by atoms with Gasteiger partial charge < -0.3 is 30.7 Å². The van der Waals surface area contributed by atoms with Gasteiger partial charge in [-0.3, -0.25) is 9.59 Å². The summed E-state index contributed by atoms with van der Waals surface area (Å²) in [7, 11) is 0. The van der Waals surface area contributed by atoms with Crippen LogP contribution in [-0.4, -0.2) is 56.0 Å². The number of hydrogen-bond acceptors (Lipinski definition) is 7. The van der Waals surface area contributed by atoms with E-state index in [4.69, 9.17) is 15.5 Å². The molecule has 1 aliphatic rings. The van der Waals surface area contributed by atoms with Crippen LogP contribution < -0.4 is 21.6 Å². The summed E-state index contributed by atoms with van der Waals surface area (Å²) in [5.41, 5.74) is 13.0. The van der Waals surface area contributed by atoms with Crippen molar-refractivity contribution < 1.29 is 19.1 Å². The first kappa shape index (κ1) is 36.6. The van der Waals surface area contributed by atoms with Crippen LogP contribution in [-0.2, 0) is 20.7 Å². The monoisotopic (exact) mass is 707 g/mol. The van der Waals surface area contributed by atoms with Crippen LogP contribution in [0.15, 0.2) is 59.4 Å². The zero-order valence-electron chi connectivity index (χ0n) is 30.8. The lowest BCUT2D eigenvalue weighted by Gasteiger charge is -2.32. The molecule has 6 rings (SSSR count). The van der Waals surface area contributed by atoms with E-state index in [0.29, 0.717) is 54.9 Å². The number of fused-ring (bicyclic) bond motifs is 2. The Hall–Kier alpha value is -5.23. The molecule has 1 atom stereocenters. The van der Waals surface area contributed by atoms with E-state index in [1.165, 1.54) is 4.90 Å². The molecule has 0 aliphatic heterocycles. The van der Waals surface area contributed by atoms with E-state index in [-0.39, 0.29) is 23.9 Å². The van der Waals surface area contributed by atoms with Crippen molar-refractivity contribution in [3.8, 4) is 11.1 Å². The van der Waals surface area contributed by atoms with Gasteiger partial charge in [0.1, 0.15) is 11.4 Å². The first-order valence-electron chi connectivity index (χ1n) is 18.1. The molecule has 12 heteroatoms. The Bertz CT molecular complexity index is 2150. The fraction of sp³-hybridized carbons (Fsp3) is 0.425. The molecular formula is C40H49N7O5. The minimum absolute atomic E-state index is 0.190. The van der Waals surface area contributed by atoms with Crippen molar-refractivity contribution in [3.05, 3.63) is 82.0 Å². The molecule has 2 heterocycles. The zero-order chi connectivity index (χ0) is 37.3. The number of nitrogens with one attached hydrogen (secondary N) is 4. The third-order valence-electron chi connectivity index (χ3n) is 9.76. The standard InChI is InChI=1S/C40H49N7O5/c1-22(2)35-43-32-17-23(3)29(20-34(32)44-35)26-11-7-24(8-12-26)18-30(41)37(49)47(28-15-16-31-33(19-28)46-38(50)45-31)36(48)27-13-9-25(10-14-27)21-42-39(51)52-40(4,5)6/h7-8,11-12,15-17,19-20,22,25,27,30H,9-10,13-14,18,21,41H2,1-6H3,(H,42,51)(H,43,44)(H2,45,46,50)/t25?,27?,30-/m1/s1.